The Morgan fingerprint density at radius 1 is 1.15 bits per heavy atom. The standard InChI is InChI=1S/C14H19ClN2O2S/c15-12-3-1-11(2-4-12)9-10-20(18,19)17-14-7-5-13(16)6-8-14/h1-4,9-10,13-14,17H,5-8,16H2. The number of halogens is 1. The molecule has 110 valence electrons. The molecule has 1 aliphatic carbocycles. The summed E-state index contributed by atoms with van der Waals surface area (Å²) in [6.45, 7) is 0. The molecule has 0 spiro atoms. The molecule has 0 heterocycles. The molecule has 1 aromatic carbocycles. The average Bonchev–Trinajstić information content (AvgIpc) is 2.41. The maximum absolute atomic E-state index is 12.0. The van der Waals surface area contributed by atoms with Gasteiger partial charge in [0.25, 0.3) is 0 Å². The molecule has 1 aliphatic rings. The van der Waals surface area contributed by atoms with Crippen molar-refractivity contribution in [3.05, 3.63) is 40.3 Å². The molecule has 1 saturated carbocycles. The monoisotopic (exact) mass is 314 g/mol. The highest BCUT2D eigenvalue weighted by Gasteiger charge is 2.21. The van der Waals surface area contributed by atoms with Crippen molar-refractivity contribution in [3.8, 4) is 0 Å². The van der Waals surface area contributed by atoms with Crippen LogP contribution in [0, 0.1) is 0 Å². The molecule has 6 heteroatoms. The average molecular weight is 315 g/mol. The van der Waals surface area contributed by atoms with Gasteiger partial charge in [0, 0.05) is 22.5 Å². The first-order valence-corrected chi connectivity index (χ1v) is 8.58. The second-order valence-corrected chi connectivity index (χ2v) is 7.16. The number of hydrogen-bond acceptors (Lipinski definition) is 3. The zero-order chi connectivity index (χ0) is 14.6. The minimum atomic E-state index is -3.41. The van der Waals surface area contributed by atoms with E-state index in [-0.39, 0.29) is 12.1 Å². The number of hydrogen-bond donors (Lipinski definition) is 2. The molecule has 0 saturated heterocycles. The lowest BCUT2D eigenvalue weighted by Gasteiger charge is -2.25. The molecule has 0 aromatic heterocycles. The summed E-state index contributed by atoms with van der Waals surface area (Å²) in [4.78, 5) is 0. The molecule has 0 radical (unpaired) electrons. The third kappa shape index (κ3) is 4.90. The van der Waals surface area contributed by atoms with Gasteiger partial charge in [-0.1, -0.05) is 23.7 Å². The van der Waals surface area contributed by atoms with Gasteiger partial charge in [0.2, 0.25) is 10.0 Å². The van der Waals surface area contributed by atoms with Crippen molar-refractivity contribution in [1.29, 1.82) is 0 Å². The van der Waals surface area contributed by atoms with E-state index in [0.717, 1.165) is 31.2 Å². The molecule has 0 unspecified atom stereocenters. The van der Waals surface area contributed by atoms with Crippen molar-refractivity contribution in [3.63, 3.8) is 0 Å². The van der Waals surface area contributed by atoms with Crippen LogP contribution in [0.4, 0.5) is 0 Å². The highest BCUT2D eigenvalue weighted by Crippen LogP contribution is 2.18. The van der Waals surface area contributed by atoms with Crippen LogP contribution in [0.15, 0.2) is 29.7 Å². The zero-order valence-electron chi connectivity index (χ0n) is 11.1. The second-order valence-electron chi connectivity index (χ2n) is 5.13. The maximum atomic E-state index is 12.0. The van der Waals surface area contributed by atoms with E-state index >= 15 is 0 Å². The van der Waals surface area contributed by atoms with E-state index in [2.05, 4.69) is 4.72 Å². The Bertz CT molecular complexity index is 561. The lowest BCUT2D eigenvalue weighted by molar-refractivity contribution is 0.374. The number of rotatable bonds is 4. The van der Waals surface area contributed by atoms with Gasteiger partial charge in [0.15, 0.2) is 0 Å². The number of nitrogens with one attached hydrogen (secondary N) is 1. The van der Waals surface area contributed by atoms with E-state index in [1.807, 2.05) is 0 Å². The van der Waals surface area contributed by atoms with Gasteiger partial charge in [-0.25, -0.2) is 13.1 Å². The minimum absolute atomic E-state index is 0.00494. The van der Waals surface area contributed by atoms with Crippen molar-refractivity contribution >= 4 is 27.7 Å². The minimum Gasteiger partial charge on any atom is -0.328 e. The Hall–Kier alpha value is -0.880. The molecule has 20 heavy (non-hydrogen) atoms. The maximum Gasteiger partial charge on any atom is 0.233 e. The summed E-state index contributed by atoms with van der Waals surface area (Å²) < 4.78 is 26.6. The van der Waals surface area contributed by atoms with Crippen molar-refractivity contribution in [2.75, 3.05) is 0 Å². The smallest absolute Gasteiger partial charge is 0.233 e. The van der Waals surface area contributed by atoms with Crippen LogP contribution in [0.25, 0.3) is 6.08 Å². The highest BCUT2D eigenvalue weighted by atomic mass is 35.5. The quantitative estimate of drug-likeness (QED) is 0.897. The first kappa shape index (κ1) is 15.5. The summed E-state index contributed by atoms with van der Waals surface area (Å²) in [5.74, 6) is 0. The lowest BCUT2D eigenvalue weighted by atomic mass is 9.93. The van der Waals surface area contributed by atoms with Gasteiger partial charge in [-0.15, -0.1) is 0 Å². The van der Waals surface area contributed by atoms with Gasteiger partial charge in [-0.3, -0.25) is 0 Å². The number of sulfonamides is 1. The molecular formula is C14H19ClN2O2S. The molecular weight excluding hydrogens is 296 g/mol. The Balaban J connectivity index is 1.95. The molecule has 3 N–H and O–H groups in total. The van der Waals surface area contributed by atoms with Crippen LogP contribution in [-0.2, 0) is 10.0 Å². The van der Waals surface area contributed by atoms with E-state index in [0.29, 0.717) is 5.02 Å². The Morgan fingerprint density at radius 2 is 1.75 bits per heavy atom. The van der Waals surface area contributed by atoms with Gasteiger partial charge in [0.1, 0.15) is 0 Å². The van der Waals surface area contributed by atoms with Crippen LogP contribution < -0.4 is 10.5 Å². The van der Waals surface area contributed by atoms with E-state index in [4.69, 9.17) is 17.3 Å². The van der Waals surface area contributed by atoms with E-state index < -0.39 is 10.0 Å². The fourth-order valence-corrected chi connectivity index (χ4v) is 3.49. The topological polar surface area (TPSA) is 72.2 Å². The highest BCUT2D eigenvalue weighted by molar-refractivity contribution is 7.92. The van der Waals surface area contributed by atoms with Gasteiger partial charge in [-0.2, -0.15) is 0 Å². The summed E-state index contributed by atoms with van der Waals surface area (Å²) in [5.41, 5.74) is 6.60. The van der Waals surface area contributed by atoms with Crippen LogP contribution in [0.3, 0.4) is 0 Å². The molecule has 4 nitrogen and oxygen atoms in total. The Kier molecular flexibility index (Phi) is 5.21. The second kappa shape index (κ2) is 6.72. The van der Waals surface area contributed by atoms with Crippen molar-refractivity contribution in [2.24, 2.45) is 5.73 Å². The van der Waals surface area contributed by atoms with Crippen molar-refractivity contribution in [2.45, 2.75) is 37.8 Å². The van der Waals surface area contributed by atoms with E-state index in [9.17, 15) is 8.42 Å². The van der Waals surface area contributed by atoms with Crippen LogP contribution >= 0.6 is 11.6 Å². The lowest BCUT2D eigenvalue weighted by Crippen LogP contribution is -2.39. The SMILES string of the molecule is NC1CCC(NS(=O)(=O)C=Cc2ccc(Cl)cc2)CC1. The third-order valence-corrected chi connectivity index (χ3v) is 4.82. The number of benzene rings is 1. The molecule has 2 rings (SSSR count). The van der Waals surface area contributed by atoms with Gasteiger partial charge in [-0.05, 0) is 49.5 Å². The summed E-state index contributed by atoms with van der Waals surface area (Å²) >= 11 is 5.78. The summed E-state index contributed by atoms with van der Waals surface area (Å²) in [6.07, 6.45) is 4.90. The molecule has 0 amide bonds. The Labute approximate surface area is 125 Å². The van der Waals surface area contributed by atoms with Crippen molar-refractivity contribution < 1.29 is 8.42 Å². The fourth-order valence-electron chi connectivity index (χ4n) is 2.25. The molecule has 1 fully saturated rings. The van der Waals surface area contributed by atoms with Crippen LogP contribution in [0.1, 0.15) is 31.2 Å². The molecule has 0 aliphatic heterocycles. The van der Waals surface area contributed by atoms with Crippen LogP contribution in [0.2, 0.25) is 5.02 Å². The third-order valence-electron chi connectivity index (χ3n) is 3.41. The van der Waals surface area contributed by atoms with Gasteiger partial charge in [0.05, 0.1) is 0 Å². The van der Waals surface area contributed by atoms with E-state index in [1.165, 1.54) is 5.41 Å². The van der Waals surface area contributed by atoms with Gasteiger partial charge < -0.3 is 5.73 Å². The fraction of sp³-hybridized carbons (Fsp3) is 0.429. The number of nitrogens with two attached hydrogens (primary N) is 1. The summed E-state index contributed by atoms with van der Waals surface area (Å²) in [7, 11) is -3.41. The van der Waals surface area contributed by atoms with E-state index in [1.54, 1.807) is 30.3 Å². The predicted octanol–water partition coefficient (Wildman–Crippen LogP) is 2.50. The first-order chi connectivity index (χ1) is 9.44. The first-order valence-electron chi connectivity index (χ1n) is 6.66. The Morgan fingerprint density at radius 3 is 2.35 bits per heavy atom. The zero-order valence-corrected chi connectivity index (χ0v) is 12.7. The summed E-state index contributed by atoms with van der Waals surface area (Å²) in [5, 5.41) is 1.83. The predicted molar refractivity (Wildman–Crippen MR) is 82.8 cm³/mol. The van der Waals surface area contributed by atoms with Crippen molar-refractivity contribution in [1.82, 2.24) is 4.72 Å². The van der Waals surface area contributed by atoms with Crippen LogP contribution in [0.5, 0.6) is 0 Å². The largest absolute Gasteiger partial charge is 0.328 e. The summed E-state index contributed by atoms with van der Waals surface area (Å²) in [6, 6.07) is 7.20. The van der Waals surface area contributed by atoms with Crippen LogP contribution in [-0.4, -0.2) is 20.5 Å². The molecule has 1 aromatic rings. The molecule has 0 bridgehead atoms. The van der Waals surface area contributed by atoms with Gasteiger partial charge >= 0.3 is 0 Å². The molecule has 0 atom stereocenters. The normalized spacial score (nSPS) is 24.1.